The largest absolute Gasteiger partial charge is 1.00 e. The molecule has 0 amide bonds. The average Bonchev–Trinajstić information content (AvgIpc) is 2.70. The van der Waals surface area contributed by atoms with Gasteiger partial charge in [0.2, 0.25) is 0 Å². The van der Waals surface area contributed by atoms with Crippen LogP contribution in [0.2, 0.25) is 0 Å². The number of alkyl halides is 1. The van der Waals surface area contributed by atoms with E-state index < -0.39 is 16.6 Å². The average molecular weight is 607 g/mol. The second-order valence-corrected chi connectivity index (χ2v) is 4.94. The standard InChI is InChI=1S/C6H9ClO4S2.6CO.2Tc/c7-5(6(10)11)13-2-1-12-3-4(8)9;6*1-2;;/h5H,1-3H2,(H,8,9)(H,10,11);;;;;;;;/q;;;;;;;2*+1/p-2/t5-;;;;;;;;/m1......../s1. The second kappa shape index (κ2) is 84.6. The quantitative estimate of drug-likeness (QED) is 0.203. The van der Waals surface area contributed by atoms with Crippen molar-refractivity contribution in [1.82, 2.24) is 0 Å². The van der Waals surface area contributed by atoms with Crippen LogP contribution in [0.5, 0.6) is 0 Å². The molecule has 0 aromatic heterocycles. The van der Waals surface area contributed by atoms with Crippen molar-refractivity contribution in [3.63, 3.8) is 0 Å². The monoisotopic (exact) mass is 604 g/mol. The van der Waals surface area contributed by atoms with Crippen molar-refractivity contribution in [3.05, 3.63) is 0 Å². The molecule has 0 aliphatic carbocycles. The van der Waals surface area contributed by atoms with Crippen molar-refractivity contribution in [2.24, 2.45) is 0 Å². The van der Waals surface area contributed by atoms with Crippen LogP contribution in [0.15, 0.2) is 0 Å². The molecule has 0 unspecified atom stereocenters. The fourth-order valence-electron chi connectivity index (χ4n) is 0.434. The molecule has 0 N–H and O–H groups in total. The van der Waals surface area contributed by atoms with Crippen LogP contribution in [-0.4, -0.2) is 74.6 Å². The molecule has 0 heterocycles. The Bertz CT molecular complexity index is 269. The van der Waals surface area contributed by atoms with Gasteiger partial charge in [-0.15, -0.1) is 23.4 Å². The first-order chi connectivity index (χ1) is 12.0. The zero-order valence-electron chi connectivity index (χ0n) is 12.7. The Kier molecular flexibility index (Phi) is 176. The maximum Gasteiger partial charge on any atom is 1.00 e. The first kappa shape index (κ1) is 56.2. The van der Waals surface area contributed by atoms with Crippen LogP contribution < -0.4 is 10.2 Å². The fraction of sp³-hybridized carbons (Fsp3) is 0.333. The van der Waals surface area contributed by atoms with Gasteiger partial charge in [-0.05, 0) is 0 Å². The van der Waals surface area contributed by atoms with E-state index in [2.05, 4.69) is 40.7 Å². The molecule has 15 heteroatoms. The molecule has 0 aromatic rings. The predicted octanol–water partition coefficient (Wildman–Crippen LogP) is -3.87. The Balaban J connectivity index is -0.0000000282. The summed E-state index contributed by atoms with van der Waals surface area (Å²) < 4.78 is -1.07. The van der Waals surface area contributed by atoms with Gasteiger partial charge < -0.3 is 19.8 Å². The minimum absolute atomic E-state index is 0. The van der Waals surface area contributed by atoms with Gasteiger partial charge in [0.25, 0.3) is 40.7 Å². The van der Waals surface area contributed by atoms with Crippen molar-refractivity contribution in [1.29, 1.82) is 0 Å². The fourth-order valence-corrected chi connectivity index (χ4v) is 2.21. The molecule has 0 aliphatic heterocycles. The number of carbonyl (C=O) groups is 2. The molecular weight excluding hydrogens is 600 g/mol. The summed E-state index contributed by atoms with van der Waals surface area (Å²) in [6, 6.07) is 0. The summed E-state index contributed by atoms with van der Waals surface area (Å²) in [7, 11) is 0. The summed E-state index contributed by atoms with van der Waals surface area (Å²) in [6.45, 7) is 27.0. The van der Waals surface area contributed by atoms with E-state index in [0.29, 0.717) is 11.5 Å². The minimum atomic E-state index is -1.32. The van der Waals surface area contributed by atoms with E-state index in [1.54, 1.807) is 0 Å². The van der Waals surface area contributed by atoms with Crippen LogP contribution in [0.3, 0.4) is 0 Å². The molecule has 12 radical (unpaired) electrons. The third-order valence-corrected chi connectivity index (χ3v) is 3.57. The predicted molar refractivity (Wildman–Crippen MR) is 83.6 cm³/mol. The number of aliphatic carboxylic acids is 2. The molecule has 0 saturated carbocycles. The molecule has 0 rings (SSSR count). The van der Waals surface area contributed by atoms with Gasteiger partial charge in [-0.3, -0.25) is 28.8 Å². The molecule has 0 saturated heterocycles. The van der Waals surface area contributed by atoms with E-state index in [-0.39, 0.29) is 46.0 Å². The van der Waals surface area contributed by atoms with Crippen molar-refractivity contribution in [2.75, 3.05) is 17.3 Å². The van der Waals surface area contributed by atoms with Crippen LogP contribution >= 0.6 is 35.1 Å². The summed E-state index contributed by atoms with van der Waals surface area (Å²) in [5.74, 6) is -1.54. The van der Waals surface area contributed by atoms with Gasteiger partial charge >= 0.3 is 40.2 Å². The van der Waals surface area contributed by atoms with E-state index in [9.17, 15) is 19.8 Å². The maximum atomic E-state index is 10.1. The first-order valence-electron chi connectivity index (χ1n) is 4.50. The molecule has 0 fully saturated rings. The molecule has 0 bridgehead atoms. The number of hydrogen-bond donors (Lipinski definition) is 0. The summed E-state index contributed by atoms with van der Waals surface area (Å²) >= 11 is 7.49. The van der Waals surface area contributed by atoms with Gasteiger partial charge in [0, 0.05) is 17.3 Å². The van der Waals surface area contributed by atoms with E-state index in [0.717, 1.165) is 23.5 Å². The summed E-state index contributed by atoms with van der Waals surface area (Å²) in [4.78, 5) is 65.0. The first-order valence-corrected chi connectivity index (χ1v) is 7.14. The van der Waals surface area contributed by atoms with Crippen LogP contribution in [0.25, 0.3) is 0 Å². The number of carbonyl (C=O) groups excluding carboxylic acids is 8. The van der Waals surface area contributed by atoms with Gasteiger partial charge in [-0.1, -0.05) is 0 Å². The molecule has 10 nitrogen and oxygen atoms in total. The van der Waals surface area contributed by atoms with Crippen molar-refractivity contribution < 1.29 is 88.8 Å². The van der Waals surface area contributed by atoms with Crippen molar-refractivity contribution in [3.8, 4) is 0 Å². The molecule has 0 aromatic carbocycles. The van der Waals surface area contributed by atoms with Crippen LogP contribution in [0, 0.1) is 0 Å². The van der Waals surface area contributed by atoms with Crippen LogP contribution in [-0.2, 0) is 78.6 Å². The SMILES string of the molecule is O=C([O-])CSCCS[C@@H](Cl)C(=O)[O-].[C]=O.[C]=O.[C]=O.[C]=O.[C]=O.[C]=O.[Tc+].[Tc+]. The summed E-state index contributed by atoms with van der Waals surface area (Å²) in [5, 5.41) is 20.0. The van der Waals surface area contributed by atoms with Gasteiger partial charge in [0.15, 0.2) is 0 Å². The maximum absolute atomic E-state index is 10.1. The zero-order valence-corrected chi connectivity index (χ0v) is 18.8. The van der Waals surface area contributed by atoms with E-state index in [1.165, 1.54) is 0 Å². The van der Waals surface area contributed by atoms with Gasteiger partial charge in [-0.25, -0.2) is 0 Å². The summed E-state index contributed by atoms with van der Waals surface area (Å²) in [5.41, 5.74) is 0. The van der Waals surface area contributed by atoms with Crippen LogP contribution in [0.1, 0.15) is 0 Å². The number of carboxylic acid groups (broad SMARTS) is 2. The topological polar surface area (TPSA) is 183 Å². The van der Waals surface area contributed by atoms with Crippen molar-refractivity contribution in [2.45, 2.75) is 4.71 Å². The second-order valence-electron chi connectivity index (χ2n) is 1.93. The third kappa shape index (κ3) is 108. The Hall–Kier alpha value is -0.751. The number of thioether (sulfide) groups is 2. The molecule has 0 aliphatic rings. The number of carboxylic acids is 2. The smallest absolute Gasteiger partial charge is 0.549 e. The molecule has 1 atom stereocenters. The summed E-state index contributed by atoms with van der Waals surface area (Å²) in [6.07, 6.45) is 0. The molecule has 27 heavy (non-hydrogen) atoms. The Morgan fingerprint density at radius 1 is 0.741 bits per heavy atom. The van der Waals surface area contributed by atoms with Gasteiger partial charge in [0.05, 0.1) is 11.9 Å². The van der Waals surface area contributed by atoms with Gasteiger partial charge in [0.1, 0.15) is 4.71 Å². The van der Waals surface area contributed by atoms with E-state index in [4.69, 9.17) is 40.4 Å². The van der Waals surface area contributed by atoms with E-state index in [1.807, 2.05) is 0 Å². The third-order valence-electron chi connectivity index (χ3n) is 0.897. The van der Waals surface area contributed by atoms with E-state index >= 15 is 0 Å². The van der Waals surface area contributed by atoms with Crippen molar-refractivity contribution >= 4 is 87.8 Å². The number of hydrogen-bond acceptors (Lipinski definition) is 12. The normalized spacial score (nSPS) is 6.85. The zero-order chi connectivity index (χ0) is 22.3. The number of halogens is 1. The molecule has 0 spiro atoms. The Morgan fingerprint density at radius 3 is 1.26 bits per heavy atom. The Morgan fingerprint density at radius 2 is 1.04 bits per heavy atom. The molecular formula is C12H7ClO10S2Tc2. The minimum Gasteiger partial charge on any atom is -0.549 e. The Labute approximate surface area is 197 Å². The van der Waals surface area contributed by atoms with Crippen LogP contribution in [0.4, 0.5) is 0 Å². The van der Waals surface area contributed by atoms with Gasteiger partial charge in [-0.2, -0.15) is 11.8 Å². The number of rotatable bonds is 7. The molecule has 148 valence electrons.